The minimum atomic E-state index is 0.368. The largest absolute Gasteiger partial charge is 0.198 e. The van der Waals surface area contributed by atoms with Crippen LogP contribution < -0.4 is 0 Å². The molecule has 19 heavy (non-hydrogen) atoms. The molecule has 0 saturated heterocycles. The predicted octanol–water partition coefficient (Wildman–Crippen LogP) is 5.48. The van der Waals surface area contributed by atoms with Gasteiger partial charge in [0.1, 0.15) is 0 Å². The van der Waals surface area contributed by atoms with Gasteiger partial charge in [0.25, 0.3) is 0 Å². The van der Waals surface area contributed by atoms with Crippen molar-refractivity contribution in [2.24, 2.45) is 23.7 Å². The van der Waals surface area contributed by atoms with Crippen LogP contribution in [0.15, 0.2) is 12.2 Å². The normalized spacial score (nSPS) is 36.2. The summed E-state index contributed by atoms with van der Waals surface area (Å²) in [5.74, 6) is 3.16. The van der Waals surface area contributed by atoms with Crippen LogP contribution in [-0.4, -0.2) is 0 Å². The summed E-state index contributed by atoms with van der Waals surface area (Å²) in [6.07, 6.45) is 18.2. The Morgan fingerprint density at radius 1 is 0.895 bits per heavy atom. The van der Waals surface area contributed by atoms with Crippen LogP contribution in [-0.2, 0) is 0 Å². The van der Waals surface area contributed by atoms with Gasteiger partial charge < -0.3 is 0 Å². The molecule has 1 nitrogen and oxygen atoms in total. The molecule has 0 heterocycles. The maximum absolute atomic E-state index is 8.92. The highest BCUT2D eigenvalue weighted by atomic mass is 14.3. The van der Waals surface area contributed by atoms with Crippen molar-refractivity contribution in [1.29, 1.82) is 5.26 Å². The molecule has 2 fully saturated rings. The van der Waals surface area contributed by atoms with Crippen LogP contribution in [0.2, 0.25) is 0 Å². The van der Waals surface area contributed by atoms with Crippen molar-refractivity contribution in [3.8, 4) is 6.07 Å². The Morgan fingerprint density at radius 2 is 1.42 bits per heavy atom. The minimum absolute atomic E-state index is 0.368. The first-order valence-corrected chi connectivity index (χ1v) is 8.34. The van der Waals surface area contributed by atoms with Crippen LogP contribution >= 0.6 is 0 Å². The Bertz CT molecular complexity index is 309. The smallest absolute Gasteiger partial charge is 0.0655 e. The van der Waals surface area contributed by atoms with Gasteiger partial charge in [0, 0.05) is 5.92 Å². The molecule has 1 heteroatoms. The zero-order valence-corrected chi connectivity index (χ0v) is 12.5. The van der Waals surface area contributed by atoms with Crippen molar-refractivity contribution >= 4 is 0 Å². The third-order valence-corrected chi connectivity index (χ3v) is 5.37. The average Bonchev–Trinajstić information content (AvgIpc) is 2.47. The molecule has 0 bridgehead atoms. The van der Waals surface area contributed by atoms with E-state index in [1.54, 1.807) is 0 Å². The van der Waals surface area contributed by atoms with Gasteiger partial charge >= 0.3 is 0 Å². The van der Waals surface area contributed by atoms with Crippen LogP contribution in [0, 0.1) is 35.0 Å². The molecular formula is C18H29N. The summed E-state index contributed by atoms with van der Waals surface area (Å²) in [6, 6.07) is 2.44. The lowest BCUT2D eigenvalue weighted by atomic mass is 9.76. The van der Waals surface area contributed by atoms with E-state index in [0.717, 1.165) is 30.6 Å². The average molecular weight is 259 g/mol. The number of hydrogen-bond donors (Lipinski definition) is 0. The fourth-order valence-electron chi connectivity index (χ4n) is 3.99. The van der Waals surface area contributed by atoms with Gasteiger partial charge in [-0.05, 0) is 76.0 Å². The van der Waals surface area contributed by atoms with E-state index in [9.17, 15) is 0 Å². The van der Waals surface area contributed by atoms with E-state index >= 15 is 0 Å². The second-order valence-corrected chi connectivity index (χ2v) is 6.73. The van der Waals surface area contributed by atoms with Gasteiger partial charge in [0.2, 0.25) is 0 Å². The molecule has 0 spiro atoms. The number of nitrogens with zero attached hydrogens (tertiary/aromatic N) is 1. The first-order chi connectivity index (χ1) is 9.31. The van der Waals surface area contributed by atoms with Crippen LogP contribution in [0.1, 0.15) is 71.1 Å². The van der Waals surface area contributed by atoms with Gasteiger partial charge in [-0.15, -0.1) is 0 Å². The molecule has 0 atom stereocenters. The predicted molar refractivity (Wildman–Crippen MR) is 80.6 cm³/mol. The summed E-state index contributed by atoms with van der Waals surface area (Å²) in [5, 5.41) is 8.92. The molecule has 0 amide bonds. The van der Waals surface area contributed by atoms with Gasteiger partial charge in [-0.1, -0.05) is 25.0 Å². The second kappa shape index (κ2) is 7.73. The lowest BCUT2D eigenvalue weighted by Crippen LogP contribution is -2.17. The molecular weight excluding hydrogens is 230 g/mol. The Labute approximate surface area is 119 Å². The quantitative estimate of drug-likeness (QED) is 0.613. The molecule has 0 aromatic carbocycles. The number of rotatable bonds is 4. The summed E-state index contributed by atoms with van der Waals surface area (Å²) in [7, 11) is 0. The second-order valence-electron chi connectivity index (χ2n) is 6.73. The summed E-state index contributed by atoms with van der Waals surface area (Å²) >= 11 is 0. The molecule has 2 rings (SSSR count). The van der Waals surface area contributed by atoms with Gasteiger partial charge in [0.05, 0.1) is 6.07 Å². The van der Waals surface area contributed by atoms with Crippen molar-refractivity contribution < 1.29 is 0 Å². The number of nitriles is 1. The van der Waals surface area contributed by atoms with Crippen LogP contribution in [0.25, 0.3) is 0 Å². The van der Waals surface area contributed by atoms with Crippen LogP contribution in [0.3, 0.4) is 0 Å². The molecule has 0 radical (unpaired) electrons. The summed E-state index contributed by atoms with van der Waals surface area (Å²) in [6.45, 7) is 2.14. The zero-order chi connectivity index (χ0) is 13.5. The summed E-state index contributed by atoms with van der Waals surface area (Å²) < 4.78 is 0. The van der Waals surface area contributed by atoms with E-state index in [4.69, 9.17) is 5.26 Å². The first kappa shape index (κ1) is 14.6. The molecule has 0 unspecified atom stereocenters. The van der Waals surface area contributed by atoms with Crippen LogP contribution in [0.5, 0.6) is 0 Å². The number of allylic oxidation sites excluding steroid dienone is 2. The highest BCUT2D eigenvalue weighted by Gasteiger charge is 2.23. The van der Waals surface area contributed by atoms with E-state index in [1.807, 2.05) is 0 Å². The van der Waals surface area contributed by atoms with Crippen molar-refractivity contribution in [2.45, 2.75) is 71.1 Å². The molecule has 0 aromatic heterocycles. The van der Waals surface area contributed by atoms with E-state index in [2.05, 4.69) is 25.1 Å². The fourth-order valence-corrected chi connectivity index (χ4v) is 3.99. The van der Waals surface area contributed by atoms with Gasteiger partial charge in [0.15, 0.2) is 0 Å². The van der Waals surface area contributed by atoms with Crippen molar-refractivity contribution in [3.63, 3.8) is 0 Å². The Morgan fingerprint density at radius 3 is 1.89 bits per heavy atom. The molecule has 2 saturated carbocycles. The first-order valence-electron chi connectivity index (χ1n) is 8.34. The van der Waals surface area contributed by atoms with Crippen LogP contribution in [0.4, 0.5) is 0 Å². The van der Waals surface area contributed by atoms with E-state index in [-0.39, 0.29) is 0 Å². The highest BCUT2D eigenvalue weighted by molar-refractivity contribution is 4.89. The van der Waals surface area contributed by atoms with Gasteiger partial charge in [-0.25, -0.2) is 0 Å². The fraction of sp³-hybridized carbons (Fsp3) is 0.833. The topological polar surface area (TPSA) is 23.8 Å². The van der Waals surface area contributed by atoms with E-state index in [0.29, 0.717) is 5.92 Å². The lowest BCUT2D eigenvalue weighted by Gasteiger charge is -2.30. The zero-order valence-electron chi connectivity index (χ0n) is 12.5. The maximum Gasteiger partial charge on any atom is 0.0655 e. The SMILES string of the molecule is CC=CC1CCC(CCC2CCC(C#N)CC2)CC1. The third-order valence-electron chi connectivity index (χ3n) is 5.37. The third kappa shape index (κ3) is 4.68. The molecule has 0 aromatic rings. The van der Waals surface area contributed by atoms with Gasteiger partial charge in [-0.2, -0.15) is 5.26 Å². The number of hydrogen-bond acceptors (Lipinski definition) is 1. The van der Waals surface area contributed by atoms with Gasteiger partial charge in [-0.3, -0.25) is 0 Å². The maximum atomic E-state index is 8.92. The van der Waals surface area contributed by atoms with Crippen molar-refractivity contribution in [1.82, 2.24) is 0 Å². The highest BCUT2D eigenvalue weighted by Crippen LogP contribution is 2.36. The monoisotopic (exact) mass is 259 g/mol. The Kier molecular flexibility index (Phi) is 5.95. The molecule has 0 aliphatic heterocycles. The Hall–Kier alpha value is -0.770. The lowest BCUT2D eigenvalue weighted by molar-refractivity contribution is 0.242. The Balaban J connectivity index is 1.61. The van der Waals surface area contributed by atoms with E-state index in [1.165, 1.54) is 51.4 Å². The minimum Gasteiger partial charge on any atom is -0.198 e. The standard InChI is InChI=1S/C18H29N/c1-2-3-15-4-6-16(7-5-15)8-9-17-10-12-18(14-19)13-11-17/h2-3,15-18H,4-13H2,1H3. The molecule has 106 valence electrons. The van der Waals surface area contributed by atoms with Crippen molar-refractivity contribution in [2.75, 3.05) is 0 Å². The summed E-state index contributed by atoms with van der Waals surface area (Å²) in [4.78, 5) is 0. The van der Waals surface area contributed by atoms with E-state index < -0.39 is 0 Å². The molecule has 2 aliphatic carbocycles. The molecule has 2 aliphatic rings. The van der Waals surface area contributed by atoms with Crippen molar-refractivity contribution in [3.05, 3.63) is 12.2 Å². The molecule has 0 N–H and O–H groups in total. The summed E-state index contributed by atoms with van der Waals surface area (Å²) in [5.41, 5.74) is 0.